The Bertz CT molecular complexity index is 1880. The van der Waals surface area contributed by atoms with Gasteiger partial charge in [-0.15, -0.1) is 11.8 Å². The average molecular weight is 621 g/mol. The molecule has 0 aliphatic carbocycles. The maximum Gasteiger partial charge on any atom is 0.240 e. The number of ether oxygens (including phenoxy) is 2. The van der Waals surface area contributed by atoms with E-state index in [0.717, 1.165) is 33.5 Å². The summed E-state index contributed by atoms with van der Waals surface area (Å²) < 4.78 is 26.5. The summed E-state index contributed by atoms with van der Waals surface area (Å²) in [7, 11) is 0. The lowest BCUT2D eigenvalue weighted by Crippen LogP contribution is -2.42. The van der Waals surface area contributed by atoms with E-state index in [1.807, 2.05) is 79.7 Å². The minimum absolute atomic E-state index is 0.140. The summed E-state index contributed by atoms with van der Waals surface area (Å²) in [6, 6.07) is 29.5. The highest BCUT2D eigenvalue weighted by Crippen LogP contribution is 2.50. The van der Waals surface area contributed by atoms with Crippen LogP contribution < -0.4 is 19.7 Å². The fourth-order valence-corrected chi connectivity index (χ4v) is 6.72. The SMILES string of the molecule is Cc1ccc(-n2nc(-c3ccccc3)c3c2N(CC(=O)NCc2ccc(F)cc2)C(=O)CS[C@H]3c2ccc3c(c2)OCO3)cc1. The smallest absolute Gasteiger partial charge is 0.240 e. The number of nitrogens with zero attached hydrogens (tertiary/aromatic N) is 3. The average Bonchev–Trinajstić information content (AvgIpc) is 3.66. The molecule has 5 aromatic rings. The lowest BCUT2D eigenvalue weighted by atomic mass is 9.99. The molecule has 0 radical (unpaired) electrons. The van der Waals surface area contributed by atoms with E-state index in [1.54, 1.807) is 16.8 Å². The van der Waals surface area contributed by atoms with Gasteiger partial charge in [-0.3, -0.25) is 14.5 Å². The van der Waals surface area contributed by atoms with Crippen molar-refractivity contribution in [2.45, 2.75) is 18.7 Å². The van der Waals surface area contributed by atoms with Crippen LogP contribution in [-0.2, 0) is 16.1 Å². The molecule has 0 saturated carbocycles. The van der Waals surface area contributed by atoms with Crippen LogP contribution in [0.4, 0.5) is 10.2 Å². The van der Waals surface area contributed by atoms with Gasteiger partial charge in [0.05, 0.1) is 22.4 Å². The molecule has 8 nitrogen and oxygen atoms in total. The minimum Gasteiger partial charge on any atom is -0.454 e. The van der Waals surface area contributed by atoms with E-state index in [9.17, 15) is 14.0 Å². The molecule has 7 rings (SSSR count). The first-order chi connectivity index (χ1) is 21.9. The number of thioether (sulfide) groups is 1. The Morgan fingerprint density at radius 3 is 2.51 bits per heavy atom. The first kappa shape index (κ1) is 28.7. The molecule has 0 unspecified atom stereocenters. The van der Waals surface area contributed by atoms with Crippen LogP contribution >= 0.6 is 11.8 Å². The number of amides is 2. The summed E-state index contributed by atoms with van der Waals surface area (Å²) in [5, 5.41) is 7.72. The van der Waals surface area contributed by atoms with Gasteiger partial charge in [0, 0.05) is 17.7 Å². The molecule has 2 aliphatic heterocycles. The Kier molecular flexibility index (Phi) is 7.72. The van der Waals surface area contributed by atoms with Crippen LogP contribution in [0.25, 0.3) is 16.9 Å². The molecule has 45 heavy (non-hydrogen) atoms. The molecule has 0 saturated heterocycles. The number of rotatable bonds is 7. The van der Waals surface area contributed by atoms with E-state index in [-0.39, 0.29) is 48.5 Å². The number of anilines is 1. The van der Waals surface area contributed by atoms with Crippen LogP contribution in [0, 0.1) is 12.7 Å². The van der Waals surface area contributed by atoms with Crippen molar-refractivity contribution in [3.8, 4) is 28.4 Å². The maximum atomic E-state index is 14.0. The fourth-order valence-electron chi connectivity index (χ4n) is 5.54. The van der Waals surface area contributed by atoms with Crippen molar-refractivity contribution in [3.05, 3.63) is 125 Å². The topological polar surface area (TPSA) is 85.7 Å². The molecular weight excluding hydrogens is 591 g/mol. The number of halogens is 1. The number of carbonyl (C=O) groups is 2. The number of fused-ring (bicyclic) bond motifs is 2. The van der Waals surface area contributed by atoms with Gasteiger partial charge in [0.15, 0.2) is 11.5 Å². The van der Waals surface area contributed by atoms with Gasteiger partial charge in [-0.05, 0) is 54.4 Å². The van der Waals surface area contributed by atoms with E-state index in [4.69, 9.17) is 14.6 Å². The van der Waals surface area contributed by atoms with Crippen LogP contribution in [0.2, 0.25) is 0 Å². The first-order valence-corrected chi connectivity index (χ1v) is 15.6. The number of nitrogens with one attached hydrogen (secondary N) is 1. The van der Waals surface area contributed by atoms with E-state index in [1.165, 1.54) is 28.8 Å². The molecular formula is C35H29FN4O4S. The number of benzene rings is 4. The molecule has 0 bridgehead atoms. The van der Waals surface area contributed by atoms with Gasteiger partial charge in [-0.25, -0.2) is 9.07 Å². The lowest BCUT2D eigenvalue weighted by molar-refractivity contribution is -0.123. The van der Waals surface area contributed by atoms with E-state index in [2.05, 4.69) is 5.32 Å². The molecule has 3 heterocycles. The van der Waals surface area contributed by atoms with Crippen LogP contribution in [0.3, 0.4) is 0 Å². The second-order valence-electron chi connectivity index (χ2n) is 10.9. The molecule has 2 aliphatic rings. The van der Waals surface area contributed by atoms with Crippen LogP contribution in [0.15, 0.2) is 97.1 Å². The lowest BCUT2D eigenvalue weighted by Gasteiger charge is -2.23. The van der Waals surface area contributed by atoms with Crippen molar-refractivity contribution >= 4 is 29.4 Å². The summed E-state index contributed by atoms with van der Waals surface area (Å²) in [6.07, 6.45) is 0. The predicted octanol–water partition coefficient (Wildman–Crippen LogP) is 6.20. The molecule has 4 aromatic carbocycles. The third kappa shape index (κ3) is 5.76. The molecule has 1 aromatic heterocycles. The largest absolute Gasteiger partial charge is 0.454 e. The quantitative estimate of drug-likeness (QED) is 0.233. The number of carbonyl (C=O) groups excluding carboxylic acids is 2. The standard InChI is InChI=1S/C35H29FN4O4S/c1-22-7-14-27(15-8-22)40-35-32(33(38-40)24-5-3-2-4-6-24)34(25-11-16-28-29(17-25)44-21-43-28)45-20-31(42)39(35)19-30(41)37-18-23-9-12-26(36)13-10-23/h2-17,34H,18-21H2,1H3,(H,37,41)/t34-/m0/s1. The summed E-state index contributed by atoms with van der Waals surface area (Å²) in [5.74, 6) is 1.09. The second kappa shape index (κ2) is 12.1. The van der Waals surface area contributed by atoms with Crippen molar-refractivity contribution in [2.75, 3.05) is 24.0 Å². The van der Waals surface area contributed by atoms with Gasteiger partial charge >= 0.3 is 0 Å². The van der Waals surface area contributed by atoms with Gasteiger partial charge in [0.2, 0.25) is 18.6 Å². The molecule has 10 heteroatoms. The molecule has 1 N–H and O–H groups in total. The number of hydrogen-bond acceptors (Lipinski definition) is 6. The van der Waals surface area contributed by atoms with Crippen molar-refractivity contribution in [2.24, 2.45) is 0 Å². The summed E-state index contributed by atoms with van der Waals surface area (Å²) in [5.41, 5.74) is 5.96. The molecule has 226 valence electrons. The summed E-state index contributed by atoms with van der Waals surface area (Å²) >= 11 is 1.49. The fraction of sp³-hybridized carbons (Fsp3) is 0.171. The normalized spacial score (nSPS) is 15.5. The van der Waals surface area contributed by atoms with Crippen molar-refractivity contribution in [3.63, 3.8) is 0 Å². The Balaban J connectivity index is 1.36. The zero-order valence-corrected chi connectivity index (χ0v) is 25.2. The Labute approximate surface area is 263 Å². The first-order valence-electron chi connectivity index (χ1n) is 14.5. The predicted molar refractivity (Wildman–Crippen MR) is 171 cm³/mol. The highest BCUT2D eigenvalue weighted by atomic mass is 32.2. The Hall–Kier alpha value is -5.09. The number of aromatic nitrogens is 2. The maximum absolute atomic E-state index is 14.0. The third-order valence-corrected chi connectivity index (χ3v) is 9.07. The van der Waals surface area contributed by atoms with Gasteiger partial charge < -0.3 is 14.8 Å². The monoisotopic (exact) mass is 620 g/mol. The van der Waals surface area contributed by atoms with Crippen molar-refractivity contribution < 1.29 is 23.5 Å². The highest BCUT2D eigenvalue weighted by molar-refractivity contribution is 8.00. The van der Waals surface area contributed by atoms with E-state index < -0.39 is 0 Å². The summed E-state index contributed by atoms with van der Waals surface area (Å²) in [4.78, 5) is 28.9. The van der Waals surface area contributed by atoms with Crippen LogP contribution in [0.1, 0.15) is 27.5 Å². The number of aryl methyl sites for hydroxylation is 1. The van der Waals surface area contributed by atoms with Crippen molar-refractivity contribution in [1.82, 2.24) is 15.1 Å². The second-order valence-corrected chi connectivity index (χ2v) is 12.0. The zero-order valence-electron chi connectivity index (χ0n) is 24.4. The molecule has 0 spiro atoms. The molecule has 2 amide bonds. The van der Waals surface area contributed by atoms with E-state index >= 15 is 0 Å². The van der Waals surface area contributed by atoms with E-state index in [0.29, 0.717) is 23.0 Å². The van der Waals surface area contributed by atoms with Gasteiger partial charge in [0.25, 0.3) is 0 Å². The highest BCUT2D eigenvalue weighted by Gasteiger charge is 2.38. The van der Waals surface area contributed by atoms with Gasteiger partial charge in [-0.2, -0.15) is 5.10 Å². The van der Waals surface area contributed by atoms with Gasteiger partial charge in [0.1, 0.15) is 18.2 Å². The van der Waals surface area contributed by atoms with Gasteiger partial charge in [-0.1, -0.05) is 66.2 Å². The molecule has 0 fully saturated rings. The third-order valence-electron chi connectivity index (χ3n) is 7.82. The molecule has 1 atom stereocenters. The number of hydrogen-bond donors (Lipinski definition) is 1. The van der Waals surface area contributed by atoms with Crippen LogP contribution in [0.5, 0.6) is 11.5 Å². The Morgan fingerprint density at radius 1 is 0.978 bits per heavy atom. The zero-order chi connectivity index (χ0) is 30.9. The summed E-state index contributed by atoms with van der Waals surface area (Å²) in [6.45, 7) is 2.15. The minimum atomic E-state index is -0.346. The van der Waals surface area contributed by atoms with Crippen LogP contribution in [-0.4, -0.2) is 40.7 Å². The van der Waals surface area contributed by atoms with Crippen molar-refractivity contribution in [1.29, 1.82) is 0 Å². The Morgan fingerprint density at radius 2 is 1.73 bits per heavy atom.